The molecule has 0 unspecified atom stereocenters. The maximum Gasteiger partial charge on any atom is 0.164 e. The van der Waals surface area contributed by atoms with Crippen molar-refractivity contribution in [2.45, 2.75) is 0 Å². The number of fused-ring (bicyclic) bond motifs is 7. The molecule has 2 heterocycles. The number of hydrogen-bond acceptors (Lipinski definition) is 5. The Labute approximate surface area is 235 Å². The first kappa shape index (κ1) is 23.1. The zero-order valence-electron chi connectivity index (χ0n) is 21.7. The third-order valence-electron chi connectivity index (χ3n) is 7.52. The lowest BCUT2D eigenvalue weighted by Crippen LogP contribution is -2.00. The number of nitrogens with zero attached hydrogens (tertiary/aromatic N) is 4. The Morgan fingerprint density at radius 1 is 0.488 bits per heavy atom. The van der Waals surface area contributed by atoms with E-state index in [0.717, 1.165) is 44.0 Å². The first-order valence-electron chi connectivity index (χ1n) is 13.3. The van der Waals surface area contributed by atoms with Gasteiger partial charge in [0.2, 0.25) is 0 Å². The van der Waals surface area contributed by atoms with Gasteiger partial charge in [-0.2, -0.15) is 5.26 Å². The number of aromatic nitrogens is 3. The average Bonchev–Trinajstić information content (AvgIpc) is 3.43. The highest BCUT2D eigenvalue weighted by atomic mass is 16.3. The summed E-state index contributed by atoms with van der Waals surface area (Å²) in [6.07, 6.45) is 0. The van der Waals surface area contributed by atoms with Gasteiger partial charge in [-0.15, -0.1) is 0 Å². The number of nitriles is 1. The van der Waals surface area contributed by atoms with Crippen LogP contribution in [-0.4, -0.2) is 15.0 Å². The second kappa shape index (κ2) is 9.11. The molecule has 0 atom stereocenters. The molecule has 41 heavy (non-hydrogen) atoms. The second-order valence-corrected chi connectivity index (χ2v) is 10.0. The van der Waals surface area contributed by atoms with E-state index in [1.54, 1.807) is 12.1 Å². The summed E-state index contributed by atoms with van der Waals surface area (Å²) in [4.78, 5) is 14.6. The quantitative estimate of drug-likeness (QED) is 0.216. The van der Waals surface area contributed by atoms with Crippen LogP contribution in [0.2, 0.25) is 0 Å². The van der Waals surface area contributed by atoms with Crippen LogP contribution in [0.1, 0.15) is 5.56 Å². The standard InChI is InChI=1S/C36H20N4O/c37-21-22-7-6-11-26(19-22)35-38-34(25-9-2-1-3-10-25)39-36(40-35)27-16-17-30-29(20-27)33-31(41-30)18-15-24-14-13-23-8-4-5-12-28(23)32(24)33/h1-20H. The lowest BCUT2D eigenvalue weighted by Gasteiger charge is -2.09. The SMILES string of the molecule is N#Cc1cccc(-c2nc(-c3ccccc3)nc(-c3ccc4oc5ccc6ccc7ccccc7c6c5c4c3)n2)c1. The van der Waals surface area contributed by atoms with Crippen molar-refractivity contribution in [3.63, 3.8) is 0 Å². The molecule has 8 aromatic rings. The van der Waals surface area contributed by atoms with Crippen molar-refractivity contribution in [3.8, 4) is 40.2 Å². The molecule has 5 heteroatoms. The van der Waals surface area contributed by atoms with Crippen molar-refractivity contribution in [2.75, 3.05) is 0 Å². The maximum absolute atomic E-state index is 9.47. The number of hydrogen-bond donors (Lipinski definition) is 0. The van der Waals surface area contributed by atoms with E-state index in [4.69, 9.17) is 19.4 Å². The van der Waals surface area contributed by atoms with Gasteiger partial charge in [0.1, 0.15) is 11.2 Å². The van der Waals surface area contributed by atoms with Gasteiger partial charge in [0.15, 0.2) is 17.5 Å². The Hall–Kier alpha value is -5.86. The monoisotopic (exact) mass is 524 g/mol. The predicted molar refractivity (Wildman–Crippen MR) is 163 cm³/mol. The summed E-state index contributed by atoms with van der Waals surface area (Å²) in [5.74, 6) is 1.64. The largest absolute Gasteiger partial charge is 0.456 e. The van der Waals surface area contributed by atoms with Crippen LogP contribution in [0.15, 0.2) is 126 Å². The molecular formula is C36H20N4O. The van der Waals surface area contributed by atoms with Crippen LogP contribution < -0.4 is 0 Å². The first-order valence-corrected chi connectivity index (χ1v) is 13.3. The van der Waals surface area contributed by atoms with Crippen LogP contribution >= 0.6 is 0 Å². The smallest absolute Gasteiger partial charge is 0.164 e. The molecule has 5 nitrogen and oxygen atoms in total. The highest BCUT2D eigenvalue weighted by Gasteiger charge is 2.17. The molecule has 0 N–H and O–H groups in total. The lowest BCUT2D eigenvalue weighted by molar-refractivity contribution is 0.669. The van der Waals surface area contributed by atoms with Gasteiger partial charge in [-0.25, -0.2) is 15.0 Å². The zero-order chi connectivity index (χ0) is 27.3. The Kier molecular flexibility index (Phi) is 5.13. The summed E-state index contributed by atoms with van der Waals surface area (Å²) >= 11 is 0. The van der Waals surface area contributed by atoms with E-state index >= 15 is 0 Å². The Morgan fingerprint density at radius 2 is 1.15 bits per heavy atom. The van der Waals surface area contributed by atoms with Gasteiger partial charge < -0.3 is 4.42 Å². The molecule has 0 fully saturated rings. The highest BCUT2D eigenvalue weighted by Crippen LogP contribution is 2.39. The van der Waals surface area contributed by atoms with Crippen molar-refractivity contribution in [1.29, 1.82) is 5.26 Å². The number of furan rings is 1. The predicted octanol–water partition coefficient (Wildman–Crippen LogP) is 8.95. The molecule has 190 valence electrons. The highest BCUT2D eigenvalue weighted by molar-refractivity contribution is 6.26. The van der Waals surface area contributed by atoms with Crippen molar-refractivity contribution >= 4 is 43.5 Å². The molecule has 0 aliphatic carbocycles. The fourth-order valence-electron chi connectivity index (χ4n) is 5.58. The third-order valence-corrected chi connectivity index (χ3v) is 7.52. The zero-order valence-corrected chi connectivity index (χ0v) is 21.7. The molecular weight excluding hydrogens is 504 g/mol. The molecule has 6 aromatic carbocycles. The van der Waals surface area contributed by atoms with E-state index in [2.05, 4.69) is 54.6 Å². The molecule has 0 bridgehead atoms. The van der Waals surface area contributed by atoms with E-state index in [1.165, 1.54) is 16.2 Å². The van der Waals surface area contributed by atoms with E-state index in [0.29, 0.717) is 23.0 Å². The van der Waals surface area contributed by atoms with Crippen molar-refractivity contribution in [2.24, 2.45) is 0 Å². The third kappa shape index (κ3) is 3.82. The van der Waals surface area contributed by atoms with Crippen LogP contribution in [0.3, 0.4) is 0 Å². The van der Waals surface area contributed by atoms with Gasteiger partial charge in [0.25, 0.3) is 0 Å². The van der Waals surface area contributed by atoms with E-state index in [-0.39, 0.29) is 0 Å². The van der Waals surface area contributed by atoms with E-state index < -0.39 is 0 Å². The Bertz CT molecular complexity index is 2330. The van der Waals surface area contributed by atoms with Crippen molar-refractivity contribution in [3.05, 3.63) is 127 Å². The minimum absolute atomic E-state index is 0.513. The van der Waals surface area contributed by atoms with Gasteiger partial charge in [0.05, 0.1) is 11.6 Å². The Balaban J connectivity index is 1.40. The molecule has 0 aliphatic rings. The minimum atomic E-state index is 0.513. The van der Waals surface area contributed by atoms with Crippen LogP contribution in [0, 0.1) is 11.3 Å². The topological polar surface area (TPSA) is 75.6 Å². The molecule has 0 saturated carbocycles. The molecule has 0 amide bonds. The molecule has 0 radical (unpaired) electrons. The van der Waals surface area contributed by atoms with E-state index in [9.17, 15) is 5.26 Å². The van der Waals surface area contributed by atoms with E-state index in [1.807, 2.05) is 60.7 Å². The summed E-state index contributed by atoms with van der Waals surface area (Å²) in [5, 5.41) is 16.3. The van der Waals surface area contributed by atoms with Crippen molar-refractivity contribution in [1.82, 2.24) is 15.0 Å². The molecule has 0 spiro atoms. The average molecular weight is 525 g/mol. The summed E-state index contributed by atoms with van der Waals surface area (Å²) < 4.78 is 6.33. The molecule has 0 saturated heterocycles. The number of rotatable bonds is 3. The minimum Gasteiger partial charge on any atom is -0.456 e. The van der Waals surface area contributed by atoms with Gasteiger partial charge >= 0.3 is 0 Å². The van der Waals surface area contributed by atoms with Crippen LogP contribution in [0.5, 0.6) is 0 Å². The van der Waals surface area contributed by atoms with Gasteiger partial charge in [-0.3, -0.25) is 0 Å². The van der Waals surface area contributed by atoms with Gasteiger partial charge in [-0.05, 0) is 52.6 Å². The van der Waals surface area contributed by atoms with Gasteiger partial charge in [0, 0.05) is 32.8 Å². The fourth-order valence-corrected chi connectivity index (χ4v) is 5.58. The summed E-state index contributed by atoms with van der Waals surface area (Å²) in [5.41, 5.74) is 4.71. The van der Waals surface area contributed by atoms with Crippen LogP contribution in [0.25, 0.3) is 77.6 Å². The maximum atomic E-state index is 9.47. The Morgan fingerprint density at radius 3 is 1.98 bits per heavy atom. The summed E-state index contributed by atoms with van der Waals surface area (Å²) in [6, 6.07) is 42.4. The van der Waals surface area contributed by atoms with Crippen LogP contribution in [0.4, 0.5) is 0 Å². The fraction of sp³-hybridized carbons (Fsp3) is 0. The summed E-state index contributed by atoms with van der Waals surface area (Å²) in [7, 11) is 0. The van der Waals surface area contributed by atoms with Crippen molar-refractivity contribution < 1.29 is 4.42 Å². The summed E-state index contributed by atoms with van der Waals surface area (Å²) in [6.45, 7) is 0. The second-order valence-electron chi connectivity index (χ2n) is 10.0. The molecule has 0 aliphatic heterocycles. The van der Waals surface area contributed by atoms with Gasteiger partial charge in [-0.1, -0.05) is 84.9 Å². The molecule has 2 aromatic heterocycles. The lowest BCUT2D eigenvalue weighted by atomic mass is 9.97. The van der Waals surface area contributed by atoms with Crippen LogP contribution in [-0.2, 0) is 0 Å². The molecule has 8 rings (SSSR count). The number of benzene rings is 6. The first-order chi connectivity index (χ1) is 20.2. The normalized spacial score (nSPS) is 11.4.